The summed E-state index contributed by atoms with van der Waals surface area (Å²) >= 11 is 0. The first-order valence-corrected chi connectivity index (χ1v) is 5.50. The van der Waals surface area contributed by atoms with Crippen LogP contribution in [0.3, 0.4) is 0 Å². The molecule has 0 rings (SSSR count). The molecule has 0 saturated carbocycles. The molecule has 0 radical (unpaired) electrons. The average Bonchev–Trinajstić information content (AvgIpc) is 2.12. The van der Waals surface area contributed by atoms with Crippen LogP contribution >= 0.6 is 0 Å². The third-order valence-corrected chi connectivity index (χ3v) is 1.77. The highest BCUT2D eigenvalue weighted by molar-refractivity contribution is 5.74. The number of amides is 1. The Morgan fingerprint density at radius 3 is 2.19 bits per heavy atom. The van der Waals surface area contributed by atoms with Gasteiger partial charge in [-0.1, -0.05) is 6.42 Å². The lowest BCUT2D eigenvalue weighted by Gasteiger charge is -2.18. The number of carbonyl (C=O) groups is 2. The SMILES string of the molecule is CC(C)(C)ONC(=O)CCCCCC(=O)O. The van der Waals surface area contributed by atoms with E-state index in [-0.39, 0.29) is 17.9 Å². The molecular weight excluding hydrogens is 210 g/mol. The average molecular weight is 231 g/mol. The van der Waals surface area contributed by atoms with Crippen LogP contribution in [-0.4, -0.2) is 22.6 Å². The third-order valence-electron chi connectivity index (χ3n) is 1.77. The van der Waals surface area contributed by atoms with E-state index in [0.717, 1.165) is 6.42 Å². The van der Waals surface area contributed by atoms with Crippen molar-refractivity contribution in [2.24, 2.45) is 0 Å². The van der Waals surface area contributed by atoms with E-state index in [2.05, 4.69) is 5.48 Å². The Morgan fingerprint density at radius 1 is 1.12 bits per heavy atom. The Balaban J connectivity index is 3.41. The van der Waals surface area contributed by atoms with Gasteiger partial charge in [0.25, 0.3) is 0 Å². The van der Waals surface area contributed by atoms with Crippen molar-refractivity contribution in [3.8, 4) is 0 Å². The van der Waals surface area contributed by atoms with E-state index in [9.17, 15) is 9.59 Å². The second-order valence-corrected chi connectivity index (χ2v) is 4.69. The lowest BCUT2D eigenvalue weighted by Crippen LogP contribution is -2.33. The molecule has 0 spiro atoms. The standard InChI is InChI=1S/C11H21NO4/c1-11(2,3)16-12-9(13)7-5-4-6-8-10(14)15/h4-8H2,1-3H3,(H,12,13)(H,14,15). The molecule has 16 heavy (non-hydrogen) atoms. The monoisotopic (exact) mass is 231 g/mol. The van der Waals surface area contributed by atoms with Crippen LogP contribution in [0.4, 0.5) is 0 Å². The van der Waals surface area contributed by atoms with Crippen LogP contribution in [-0.2, 0) is 14.4 Å². The summed E-state index contributed by atoms with van der Waals surface area (Å²) in [5.41, 5.74) is 1.98. The van der Waals surface area contributed by atoms with Gasteiger partial charge in [0.2, 0.25) is 5.91 Å². The number of carbonyl (C=O) groups excluding carboxylic acids is 1. The van der Waals surface area contributed by atoms with Crippen molar-refractivity contribution in [1.29, 1.82) is 0 Å². The molecule has 0 heterocycles. The predicted octanol–water partition coefficient (Wildman–Crippen LogP) is 1.87. The van der Waals surface area contributed by atoms with Gasteiger partial charge in [0, 0.05) is 12.8 Å². The molecule has 2 N–H and O–H groups in total. The van der Waals surface area contributed by atoms with Crippen molar-refractivity contribution < 1.29 is 19.5 Å². The predicted molar refractivity (Wildman–Crippen MR) is 59.7 cm³/mol. The smallest absolute Gasteiger partial charge is 0.303 e. The van der Waals surface area contributed by atoms with Crippen LogP contribution in [0.15, 0.2) is 0 Å². The maximum Gasteiger partial charge on any atom is 0.303 e. The maximum absolute atomic E-state index is 11.2. The number of aliphatic carboxylic acids is 1. The fraction of sp³-hybridized carbons (Fsp3) is 0.818. The molecular formula is C11H21NO4. The fourth-order valence-electron chi connectivity index (χ4n) is 1.000. The highest BCUT2D eigenvalue weighted by Gasteiger charge is 2.12. The summed E-state index contributed by atoms with van der Waals surface area (Å²) in [5, 5.41) is 8.40. The highest BCUT2D eigenvalue weighted by atomic mass is 16.7. The van der Waals surface area contributed by atoms with Gasteiger partial charge in [0.15, 0.2) is 0 Å². The van der Waals surface area contributed by atoms with Crippen molar-refractivity contribution in [2.75, 3.05) is 0 Å². The van der Waals surface area contributed by atoms with Crippen LogP contribution in [0.5, 0.6) is 0 Å². The largest absolute Gasteiger partial charge is 0.481 e. The third kappa shape index (κ3) is 11.0. The first kappa shape index (κ1) is 14.9. The number of hydrogen-bond donors (Lipinski definition) is 2. The van der Waals surface area contributed by atoms with Crippen molar-refractivity contribution in [2.45, 2.75) is 58.5 Å². The molecule has 0 aliphatic heterocycles. The molecule has 0 aromatic rings. The lowest BCUT2D eigenvalue weighted by atomic mass is 10.1. The van der Waals surface area contributed by atoms with E-state index in [4.69, 9.17) is 9.94 Å². The number of unbranched alkanes of at least 4 members (excludes halogenated alkanes) is 2. The molecule has 0 bridgehead atoms. The van der Waals surface area contributed by atoms with Crippen molar-refractivity contribution >= 4 is 11.9 Å². The Bertz CT molecular complexity index is 233. The summed E-state index contributed by atoms with van der Waals surface area (Å²) in [5.74, 6) is -0.953. The molecule has 0 atom stereocenters. The Morgan fingerprint density at radius 2 is 1.69 bits per heavy atom. The number of carboxylic acid groups (broad SMARTS) is 1. The van der Waals surface area contributed by atoms with Gasteiger partial charge in [-0.05, 0) is 33.6 Å². The molecule has 94 valence electrons. The number of nitrogens with one attached hydrogen (secondary N) is 1. The van der Waals surface area contributed by atoms with E-state index in [1.165, 1.54) is 0 Å². The van der Waals surface area contributed by atoms with Crippen LogP contribution in [0.25, 0.3) is 0 Å². The first-order valence-electron chi connectivity index (χ1n) is 5.50. The van der Waals surface area contributed by atoms with Gasteiger partial charge in [0.1, 0.15) is 0 Å². The highest BCUT2D eigenvalue weighted by Crippen LogP contribution is 2.06. The van der Waals surface area contributed by atoms with Gasteiger partial charge in [-0.15, -0.1) is 0 Å². The summed E-state index contributed by atoms with van der Waals surface area (Å²) in [7, 11) is 0. The zero-order valence-electron chi connectivity index (χ0n) is 10.2. The van der Waals surface area contributed by atoms with Crippen LogP contribution in [0.2, 0.25) is 0 Å². The second-order valence-electron chi connectivity index (χ2n) is 4.69. The van der Waals surface area contributed by atoms with Gasteiger partial charge in [-0.2, -0.15) is 0 Å². The number of carboxylic acids is 1. The number of hydrogen-bond acceptors (Lipinski definition) is 3. The Kier molecular flexibility index (Phi) is 6.72. The van der Waals surface area contributed by atoms with E-state index >= 15 is 0 Å². The lowest BCUT2D eigenvalue weighted by molar-refractivity contribution is -0.145. The number of rotatable bonds is 7. The Hall–Kier alpha value is -1.10. The topological polar surface area (TPSA) is 75.6 Å². The van der Waals surface area contributed by atoms with E-state index in [1.54, 1.807) is 0 Å². The minimum Gasteiger partial charge on any atom is -0.481 e. The molecule has 0 aliphatic rings. The van der Waals surface area contributed by atoms with Gasteiger partial charge >= 0.3 is 5.97 Å². The number of hydroxylamine groups is 1. The van der Waals surface area contributed by atoms with E-state index < -0.39 is 5.97 Å². The fourth-order valence-corrected chi connectivity index (χ4v) is 1.000. The summed E-state index contributed by atoms with van der Waals surface area (Å²) in [6, 6.07) is 0. The molecule has 0 aliphatic carbocycles. The van der Waals surface area contributed by atoms with Crippen LogP contribution in [0.1, 0.15) is 52.9 Å². The summed E-state index contributed by atoms with van der Waals surface area (Å²) in [6.45, 7) is 5.54. The summed E-state index contributed by atoms with van der Waals surface area (Å²) in [6.07, 6.45) is 2.58. The van der Waals surface area contributed by atoms with Crippen molar-refractivity contribution in [1.82, 2.24) is 5.48 Å². The van der Waals surface area contributed by atoms with E-state index in [1.807, 2.05) is 20.8 Å². The molecule has 1 amide bonds. The van der Waals surface area contributed by atoms with E-state index in [0.29, 0.717) is 19.3 Å². The minimum absolute atomic E-state index is 0.162. The zero-order chi connectivity index (χ0) is 12.6. The van der Waals surface area contributed by atoms with Crippen molar-refractivity contribution in [3.63, 3.8) is 0 Å². The molecule has 0 fully saturated rings. The molecule has 0 aromatic heterocycles. The normalized spacial score (nSPS) is 11.2. The van der Waals surface area contributed by atoms with Gasteiger partial charge < -0.3 is 5.11 Å². The molecule has 0 aromatic carbocycles. The quantitative estimate of drug-likeness (QED) is 0.518. The summed E-state index contributed by atoms with van der Waals surface area (Å²) in [4.78, 5) is 26.5. The summed E-state index contributed by atoms with van der Waals surface area (Å²) < 4.78 is 0. The van der Waals surface area contributed by atoms with Crippen LogP contribution < -0.4 is 5.48 Å². The van der Waals surface area contributed by atoms with Gasteiger partial charge in [-0.3, -0.25) is 14.4 Å². The van der Waals surface area contributed by atoms with Crippen molar-refractivity contribution in [3.05, 3.63) is 0 Å². The molecule has 5 heteroatoms. The molecule has 0 unspecified atom stereocenters. The van der Waals surface area contributed by atoms with Gasteiger partial charge in [0.05, 0.1) is 5.60 Å². The maximum atomic E-state index is 11.2. The first-order chi connectivity index (χ1) is 7.31. The van der Waals surface area contributed by atoms with Gasteiger partial charge in [-0.25, -0.2) is 5.48 Å². The van der Waals surface area contributed by atoms with Crippen LogP contribution in [0, 0.1) is 0 Å². The minimum atomic E-state index is -0.791. The molecule has 0 saturated heterocycles. The second kappa shape index (κ2) is 7.22. The molecule has 5 nitrogen and oxygen atoms in total. The Labute approximate surface area is 96.1 Å². The zero-order valence-corrected chi connectivity index (χ0v) is 10.2.